The molecule has 4 rings (SSSR count). The Hall–Kier alpha value is -2.13. The molecule has 2 heterocycles. The second-order valence-corrected chi connectivity index (χ2v) is 10.6. The van der Waals surface area contributed by atoms with Gasteiger partial charge in [0.05, 0.1) is 24.3 Å². The molecule has 2 atom stereocenters. The van der Waals surface area contributed by atoms with Crippen LogP contribution in [0.1, 0.15) is 36.2 Å². The number of halogens is 1. The average Bonchev–Trinajstić information content (AvgIpc) is 2.77. The molecule has 1 fully saturated rings. The zero-order valence-electron chi connectivity index (χ0n) is 18.4. The lowest BCUT2D eigenvalue weighted by Gasteiger charge is -2.34. The summed E-state index contributed by atoms with van der Waals surface area (Å²) in [4.78, 5) is 15.0. The van der Waals surface area contributed by atoms with Crippen molar-refractivity contribution in [1.82, 2.24) is 4.31 Å². The molecule has 2 aliphatic rings. The fourth-order valence-corrected chi connectivity index (χ4v) is 6.46. The van der Waals surface area contributed by atoms with Crippen molar-refractivity contribution in [3.05, 3.63) is 52.5 Å². The summed E-state index contributed by atoms with van der Waals surface area (Å²) >= 11 is 6.30. The molecular formula is C23H27ClN2O5S. The van der Waals surface area contributed by atoms with Gasteiger partial charge >= 0.3 is 0 Å². The summed E-state index contributed by atoms with van der Waals surface area (Å²) in [7, 11) is -2.27. The van der Waals surface area contributed by atoms with Gasteiger partial charge in [-0.05, 0) is 68.7 Å². The number of morpholine rings is 1. The molecule has 0 bridgehead atoms. The number of nitrogens with zero attached hydrogens (tertiary/aromatic N) is 2. The van der Waals surface area contributed by atoms with Gasteiger partial charge in [0.2, 0.25) is 10.0 Å². The van der Waals surface area contributed by atoms with Gasteiger partial charge in [0.15, 0.2) is 0 Å². The van der Waals surface area contributed by atoms with Gasteiger partial charge in [-0.3, -0.25) is 4.79 Å². The van der Waals surface area contributed by atoms with E-state index in [2.05, 4.69) is 0 Å². The third-order valence-corrected chi connectivity index (χ3v) is 8.15. The topological polar surface area (TPSA) is 76.2 Å². The first-order valence-electron chi connectivity index (χ1n) is 10.6. The molecule has 0 saturated carbocycles. The zero-order chi connectivity index (χ0) is 23.0. The van der Waals surface area contributed by atoms with Crippen LogP contribution in [-0.2, 0) is 21.2 Å². The highest BCUT2D eigenvalue weighted by molar-refractivity contribution is 7.89. The molecule has 2 aromatic rings. The Morgan fingerprint density at radius 1 is 1.12 bits per heavy atom. The van der Waals surface area contributed by atoms with Crippen LogP contribution in [0, 0.1) is 0 Å². The number of benzene rings is 2. The number of amides is 1. The number of carbonyl (C=O) groups excluding carboxylic acids is 1. The summed E-state index contributed by atoms with van der Waals surface area (Å²) < 4.78 is 39.1. The van der Waals surface area contributed by atoms with E-state index in [4.69, 9.17) is 21.1 Å². The first-order valence-corrected chi connectivity index (χ1v) is 12.5. The van der Waals surface area contributed by atoms with Crippen LogP contribution in [0.25, 0.3) is 0 Å². The third-order valence-electron chi connectivity index (χ3n) is 5.83. The van der Waals surface area contributed by atoms with Gasteiger partial charge in [-0.1, -0.05) is 11.6 Å². The van der Waals surface area contributed by atoms with E-state index in [9.17, 15) is 13.2 Å². The van der Waals surface area contributed by atoms with E-state index >= 15 is 0 Å². The standard InChI is InChI=1S/C23H27ClN2O5S/c1-15-13-25(14-16(2)31-15)32(28,29)22-12-18(6-8-20(22)24)23(27)26-10-4-5-17-11-19(30-3)7-9-21(17)26/h6-9,11-12,15-16H,4-5,10,13-14H2,1-3H3. The molecule has 1 amide bonds. The molecule has 2 aromatic carbocycles. The molecule has 9 heteroatoms. The van der Waals surface area contributed by atoms with Gasteiger partial charge in [-0.25, -0.2) is 8.42 Å². The maximum atomic E-state index is 13.4. The molecule has 0 aliphatic carbocycles. The quantitative estimate of drug-likeness (QED) is 0.669. The molecule has 2 aliphatic heterocycles. The lowest BCUT2D eigenvalue weighted by molar-refractivity contribution is -0.0440. The van der Waals surface area contributed by atoms with Crippen LogP contribution in [0.3, 0.4) is 0 Å². The molecule has 0 spiro atoms. The number of hydrogen-bond acceptors (Lipinski definition) is 5. The molecule has 1 saturated heterocycles. The number of sulfonamides is 1. The Morgan fingerprint density at radius 3 is 2.53 bits per heavy atom. The van der Waals surface area contributed by atoms with E-state index in [1.54, 1.807) is 18.1 Å². The average molecular weight is 479 g/mol. The maximum Gasteiger partial charge on any atom is 0.258 e. The van der Waals surface area contributed by atoms with Gasteiger partial charge in [-0.2, -0.15) is 4.31 Å². The smallest absolute Gasteiger partial charge is 0.258 e. The number of aryl methyl sites for hydroxylation is 1. The minimum absolute atomic E-state index is 0.0571. The molecule has 7 nitrogen and oxygen atoms in total. The summed E-state index contributed by atoms with van der Waals surface area (Å²) in [6.45, 7) is 4.71. The number of rotatable bonds is 4. The van der Waals surface area contributed by atoms with Crippen LogP contribution < -0.4 is 9.64 Å². The van der Waals surface area contributed by atoms with Gasteiger partial charge in [0.25, 0.3) is 5.91 Å². The summed E-state index contributed by atoms with van der Waals surface area (Å²) in [6.07, 6.45) is 1.22. The lowest BCUT2D eigenvalue weighted by Crippen LogP contribution is -2.48. The summed E-state index contributed by atoms with van der Waals surface area (Å²) in [5.74, 6) is 0.486. The van der Waals surface area contributed by atoms with Gasteiger partial charge in [0.1, 0.15) is 10.6 Å². The molecule has 0 aromatic heterocycles. The lowest BCUT2D eigenvalue weighted by atomic mass is 10.0. The monoisotopic (exact) mass is 478 g/mol. The Labute approximate surface area is 193 Å². The molecule has 0 N–H and O–H groups in total. The zero-order valence-corrected chi connectivity index (χ0v) is 19.9. The van der Waals surface area contributed by atoms with Crippen LogP contribution in [0.2, 0.25) is 5.02 Å². The highest BCUT2D eigenvalue weighted by Gasteiger charge is 2.34. The minimum Gasteiger partial charge on any atom is -0.497 e. The van der Waals surface area contributed by atoms with Crippen LogP contribution in [0.5, 0.6) is 5.75 Å². The van der Waals surface area contributed by atoms with E-state index in [-0.39, 0.29) is 46.7 Å². The first-order chi connectivity index (χ1) is 15.2. The number of carbonyl (C=O) groups is 1. The largest absolute Gasteiger partial charge is 0.497 e. The predicted molar refractivity (Wildman–Crippen MR) is 123 cm³/mol. The Balaban J connectivity index is 1.67. The number of anilines is 1. The molecule has 2 unspecified atom stereocenters. The normalized spacial score (nSPS) is 21.8. The van der Waals surface area contributed by atoms with Crippen molar-refractivity contribution in [2.75, 3.05) is 31.6 Å². The van der Waals surface area contributed by atoms with Crippen molar-refractivity contribution in [3.8, 4) is 5.75 Å². The molecule has 0 radical (unpaired) electrons. The van der Waals surface area contributed by atoms with Crippen LogP contribution >= 0.6 is 11.6 Å². The van der Waals surface area contributed by atoms with Crippen molar-refractivity contribution in [3.63, 3.8) is 0 Å². The van der Waals surface area contributed by atoms with Crippen molar-refractivity contribution in [2.45, 2.75) is 43.8 Å². The van der Waals surface area contributed by atoms with Crippen LogP contribution in [0.4, 0.5) is 5.69 Å². The summed E-state index contributed by atoms with van der Waals surface area (Å²) in [5, 5.41) is 0.0946. The number of methoxy groups -OCH3 is 1. The summed E-state index contributed by atoms with van der Waals surface area (Å²) in [6, 6.07) is 10.1. The van der Waals surface area contributed by atoms with E-state index < -0.39 is 10.0 Å². The molecular weight excluding hydrogens is 452 g/mol. The van der Waals surface area contributed by atoms with Crippen molar-refractivity contribution in [1.29, 1.82) is 0 Å². The fraction of sp³-hybridized carbons (Fsp3) is 0.435. The second-order valence-electron chi connectivity index (χ2n) is 8.28. The number of ether oxygens (including phenoxy) is 2. The van der Waals surface area contributed by atoms with E-state index in [0.29, 0.717) is 6.54 Å². The first kappa shape index (κ1) is 23.0. The number of hydrogen-bond donors (Lipinski definition) is 0. The van der Waals surface area contributed by atoms with Crippen LogP contribution in [-0.4, -0.2) is 57.6 Å². The highest BCUT2D eigenvalue weighted by Crippen LogP contribution is 2.33. The van der Waals surface area contributed by atoms with Crippen molar-refractivity contribution < 1.29 is 22.7 Å². The molecule has 172 valence electrons. The predicted octanol–water partition coefficient (Wildman–Crippen LogP) is 3.74. The SMILES string of the molecule is COc1ccc2c(c1)CCCN2C(=O)c1ccc(Cl)c(S(=O)(=O)N2CC(C)OC(C)C2)c1. The van der Waals surface area contributed by atoms with Gasteiger partial charge in [0, 0.05) is 30.9 Å². The van der Waals surface area contributed by atoms with Crippen molar-refractivity contribution in [2.24, 2.45) is 0 Å². The van der Waals surface area contributed by atoms with Crippen LogP contribution in [0.15, 0.2) is 41.3 Å². The fourth-order valence-electron chi connectivity index (χ4n) is 4.37. The Bertz CT molecular complexity index is 1130. The van der Waals surface area contributed by atoms with E-state index in [0.717, 1.165) is 29.8 Å². The summed E-state index contributed by atoms with van der Waals surface area (Å²) in [5.41, 5.74) is 2.13. The van der Waals surface area contributed by atoms with E-state index in [1.807, 2.05) is 32.0 Å². The third kappa shape index (κ3) is 4.37. The number of fused-ring (bicyclic) bond motifs is 1. The Kier molecular flexibility index (Phi) is 6.49. The van der Waals surface area contributed by atoms with Gasteiger partial charge in [-0.15, -0.1) is 0 Å². The second kappa shape index (κ2) is 9.02. The van der Waals surface area contributed by atoms with Gasteiger partial charge < -0.3 is 14.4 Å². The van der Waals surface area contributed by atoms with E-state index in [1.165, 1.54) is 16.4 Å². The molecule has 32 heavy (non-hydrogen) atoms. The minimum atomic E-state index is -3.88. The van der Waals surface area contributed by atoms with Crippen molar-refractivity contribution >= 4 is 33.2 Å². The maximum absolute atomic E-state index is 13.4. The Morgan fingerprint density at radius 2 is 1.84 bits per heavy atom. The highest BCUT2D eigenvalue weighted by atomic mass is 35.5.